The van der Waals surface area contributed by atoms with Crippen molar-refractivity contribution in [2.45, 2.75) is 17.0 Å². The highest BCUT2D eigenvalue weighted by Crippen LogP contribution is 2.29. The van der Waals surface area contributed by atoms with Crippen LogP contribution in [0.25, 0.3) is 17.1 Å². The highest BCUT2D eigenvalue weighted by molar-refractivity contribution is 7.99. The average molecular weight is 514 g/mol. The second-order valence-corrected chi connectivity index (χ2v) is 10.3. The number of primary sulfonamides is 1. The van der Waals surface area contributed by atoms with Crippen molar-refractivity contribution >= 4 is 45.0 Å². The van der Waals surface area contributed by atoms with E-state index < -0.39 is 10.0 Å². The highest BCUT2D eigenvalue weighted by Gasteiger charge is 2.18. The number of thioether (sulfide) groups is 1. The van der Waals surface area contributed by atoms with Gasteiger partial charge in [0.25, 0.3) is 0 Å². The van der Waals surface area contributed by atoms with Crippen LogP contribution in [0.2, 0.25) is 5.02 Å². The molecule has 4 rings (SSSR count). The molecule has 0 unspecified atom stereocenters. The Morgan fingerprint density at radius 1 is 1.06 bits per heavy atom. The molecule has 1 heterocycles. The Morgan fingerprint density at radius 2 is 1.76 bits per heavy atom. The van der Waals surface area contributed by atoms with E-state index in [1.54, 1.807) is 6.07 Å². The summed E-state index contributed by atoms with van der Waals surface area (Å²) in [5, 5.41) is 17.6. The molecule has 0 aliphatic carbocycles. The molecule has 0 radical (unpaired) electrons. The quantitative estimate of drug-likeness (QED) is 0.356. The van der Waals surface area contributed by atoms with Gasteiger partial charge in [-0.2, -0.15) is 0 Å². The number of amides is 1. The van der Waals surface area contributed by atoms with Crippen molar-refractivity contribution < 1.29 is 13.2 Å². The number of aryl methyl sites for hydroxylation is 1. The van der Waals surface area contributed by atoms with Gasteiger partial charge in [-0.3, -0.25) is 9.36 Å². The normalized spacial score (nSPS) is 11.4. The lowest BCUT2D eigenvalue weighted by Gasteiger charge is -2.11. The number of benzene rings is 3. The van der Waals surface area contributed by atoms with Crippen LogP contribution in [0, 0.1) is 6.92 Å². The molecule has 1 amide bonds. The average Bonchev–Trinajstić information content (AvgIpc) is 3.22. The van der Waals surface area contributed by atoms with Gasteiger partial charge in [0, 0.05) is 22.0 Å². The van der Waals surface area contributed by atoms with Crippen LogP contribution < -0.4 is 10.5 Å². The first-order valence-electron chi connectivity index (χ1n) is 10.0. The molecule has 0 atom stereocenters. The van der Waals surface area contributed by atoms with Gasteiger partial charge in [0.1, 0.15) is 0 Å². The third kappa shape index (κ3) is 5.65. The third-order valence-electron chi connectivity index (χ3n) is 4.81. The van der Waals surface area contributed by atoms with Crippen LogP contribution in [-0.4, -0.2) is 34.8 Å². The van der Waals surface area contributed by atoms with Crippen LogP contribution in [0.4, 0.5) is 5.69 Å². The number of aromatic nitrogens is 3. The van der Waals surface area contributed by atoms with E-state index in [0.29, 0.717) is 21.7 Å². The number of hydrogen-bond donors (Lipinski definition) is 2. The molecule has 174 valence electrons. The zero-order chi connectivity index (χ0) is 24.3. The summed E-state index contributed by atoms with van der Waals surface area (Å²) in [6.45, 7) is 2.00. The molecule has 34 heavy (non-hydrogen) atoms. The summed E-state index contributed by atoms with van der Waals surface area (Å²) in [7, 11) is -3.79. The van der Waals surface area contributed by atoms with E-state index in [0.717, 1.165) is 16.8 Å². The van der Waals surface area contributed by atoms with Gasteiger partial charge in [-0.05, 0) is 55.5 Å². The van der Waals surface area contributed by atoms with Gasteiger partial charge in [-0.25, -0.2) is 13.6 Å². The lowest BCUT2D eigenvalue weighted by molar-refractivity contribution is -0.113. The van der Waals surface area contributed by atoms with E-state index in [1.807, 2.05) is 54.0 Å². The van der Waals surface area contributed by atoms with Gasteiger partial charge in [-0.15, -0.1) is 10.2 Å². The highest BCUT2D eigenvalue weighted by atomic mass is 35.5. The fourth-order valence-corrected chi connectivity index (χ4v) is 4.62. The molecule has 0 aliphatic heterocycles. The maximum absolute atomic E-state index is 12.5. The molecule has 3 aromatic carbocycles. The Balaban J connectivity index is 1.56. The van der Waals surface area contributed by atoms with Crippen molar-refractivity contribution in [1.29, 1.82) is 0 Å². The Morgan fingerprint density at radius 3 is 2.41 bits per heavy atom. The summed E-state index contributed by atoms with van der Waals surface area (Å²) in [5.41, 5.74) is 3.22. The Labute approximate surface area is 206 Å². The number of anilines is 1. The van der Waals surface area contributed by atoms with E-state index in [2.05, 4.69) is 15.5 Å². The van der Waals surface area contributed by atoms with Crippen molar-refractivity contribution in [3.8, 4) is 17.1 Å². The maximum atomic E-state index is 12.5. The summed E-state index contributed by atoms with van der Waals surface area (Å²) in [5.74, 6) is 0.389. The maximum Gasteiger partial charge on any atom is 0.238 e. The SMILES string of the molecule is Cc1ccc(-n2c(SCC(=O)Nc3ccc(S(N)(=O)=O)cc3)nnc2-c2cccc(Cl)c2)cc1. The van der Waals surface area contributed by atoms with Crippen LogP contribution >= 0.6 is 23.4 Å². The van der Waals surface area contributed by atoms with Crippen LogP contribution in [0.1, 0.15) is 5.56 Å². The number of rotatable bonds is 7. The molecule has 3 N–H and O–H groups in total. The lowest BCUT2D eigenvalue weighted by Crippen LogP contribution is -2.15. The number of halogens is 1. The first-order chi connectivity index (χ1) is 16.2. The molecule has 0 saturated carbocycles. The van der Waals surface area contributed by atoms with E-state index in [-0.39, 0.29) is 16.6 Å². The largest absolute Gasteiger partial charge is 0.325 e. The molecular weight excluding hydrogens is 494 g/mol. The van der Waals surface area contributed by atoms with E-state index >= 15 is 0 Å². The molecule has 1 aromatic heterocycles. The number of nitrogens with zero attached hydrogens (tertiary/aromatic N) is 3. The van der Waals surface area contributed by atoms with Gasteiger partial charge >= 0.3 is 0 Å². The number of hydrogen-bond acceptors (Lipinski definition) is 6. The zero-order valence-corrected chi connectivity index (χ0v) is 20.4. The van der Waals surface area contributed by atoms with Gasteiger partial charge < -0.3 is 5.32 Å². The molecule has 0 saturated heterocycles. The molecule has 8 nitrogen and oxygen atoms in total. The smallest absolute Gasteiger partial charge is 0.238 e. The lowest BCUT2D eigenvalue weighted by atomic mass is 10.2. The molecule has 11 heteroatoms. The number of sulfonamides is 1. The Kier molecular flexibility index (Phi) is 7.03. The van der Waals surface area contributed by atoms with Crippen molar-refractivity contribution in [2.24, 2.45) is 5.14 Å². The number of nitrogens with one attached hydrogen (secondary N) is 1. The minimum absolute atomic E-state index is 0.0281. The van der Waals surface area contributed by atoms with Crippen molar-refractivity contribution in [3.05, 3.63) is 83.4 Å². The van der Waals surface area contributed by atoms with Crippen molar-refractivity contribution in [3.63, 3.8) is 0 Å². The molecular formula is C23H20ClN5O3S2. The zero-order valence-electron chi connectivity index (χ0n) is 18.0. The molecule has 0 spiro atoms. The molecule has 0 fully saturated rings. The Hall–Kier alpha value is -3.18. The van der Waals surface area contributed by atoms with Gasteiger partial charge in [0.05, 0.1) is 10.6 Å². The van der Waals surface area contributed by atoms with E-state index in [4.69, 9.17) is 16.7 Å². The fraction of sp³-hybridized carbons (Fsp3) is 0.0870. The summed E-state index contributed by atoms with van der Waals surface area (Å²) >= 11 is 7.41. The first kappa shape index (κ1) is 24.0. The second kappa shape index (κ2) is 9.98. The standard InChI is InChI=1S/C23H20ClN5O3S2/c1-15-5-9-19(10-6-15)29-22(16-3-2-4-17(24)13-16)27-28-23(29)33-14-21(30)26-18-7-11-20(12-8-18)34(25,31)32/h2-13H,14H2,1H3,(H,26,30)(H2,25,31,32). The summed E-state index contributed by atoms with van der Waals surface area (Å²) < 4.78 is 24.6. The van der Waals surface area contributed by atoms with Gasteiger partial charge in [0.2, 0.25) is 15.9 Å². The second-order valence-electron chi connectivity index (χ2n) is 7.39. The van der Waals surface area contributed by atoms with Gasteiger partial charge in [-0.1, -0.05) is 53.2 Å². The number of carbonyl (C=O) groups is 1. The van der Waals surface area contributed by atoms with E-state index in [1.165, 1.54) is 36.0 Å². The van der Waals surface area contributed by atoms with Crippen molar-refractivity contribution in [2.75, 3.05) is 11.1 Å². The molecule has 0 bridgehead atoms. The van der Waals surface area contributed by atoms with Crippen LogP contribution in [0.15, 0.2) is 82.8 Å². The van der Waals surface area contributed by atoms with Gasteiger partial charge in [0.15, 0.2) is 11.0 Å². The third-order valence-corrected chi connectivity index (χ3v) is 6.90. The predicted molar refractivity (Wildman–Crippen MR) is 134 cm³/mol. The fourth-order valence-electron chi connectivity index (χ4n) is 3.16. The van der Waals surface area contributed by atoms with Crippen LogP contribution in [-0.2, 0) is 14.8 Å². The summed E-state index contributed by atoms with van der Waals surface area (Å²) in [6.07, 6.45) is 0. The van der Waals surface area contributed by atoms with Crippen LogP contribution in [0.3, 0.4) is 0 Å². The summed E-state index contributed by atoms with van der Waals surface area (Å²) in [6, 6.07) is 20.9. The molecule has 0 aliphatic rings. The number of carbonyl (C=O) groups excluding carboxylic acids is 1. The number of nitrogens with two attached hydrogens (primary N) is 1. The predicted octanol–water partition coefficient (Wildman–Crippen LogP) is 4.27. The molecule has 4 aromatic rings. The minimum atomic E-state index is -3.79. The Bertz CT molecular complexity index is 1440. The first-order valence-corrected chi connectivity index (χ1v) is 13.0. The summed E-state index contributed by atoms with van der Waals surface area (Å²) in [4.78, 5) is 12.5. The monoisotopic (exact) mass is 513 g/mol. The minimum Gasteiger partial charge on any atom is -0.325 e. The van der Waals surface area contributed by atoms with E-state index in [9.17, 15) is 13.2 Å². The van der Waals surface area contributed by atoms with Crippen molar-refractivity contribution in [1.82, 2.24) is 14.8 Å². The van der Waals surface area contributed by atoms with Crippen LogP contribution in [0.5, 0.6) is 0 Å². The topological polar surface area (TPSA) is 120 Å².